The number of benzene rings is 1. The molecule has 0 aliphatic carbocycles. The Hall–Kier alpha value is -3.51. The van der Waals surface area contributed by atoms with Gasteiger partial charge in [0.1, 0.15) is 18.1 Å². The summed E-state index contributed by atoms with van der Waals surface area (Å²) in [5.74, 6) is -3.98. The fraction of sp³-hybridized carbons (Fsp3) is 0.542. The Morgan fingerprint density at radius 3 is 2.22 bits per heavy atom. The second-order valence-corrected chi connectivity index (χ2v) is 8.82. The van der Waals surface area contributed by atoms with Crippen molar-refractivity contribution in [3.63, 3.8) is 0 Å². The molecule has 2 rings (SSSR count). The molecule has 9 N–H and O–H groups in total. The Labute approximate surface area is 209 Å². The minimum absolute atomic E-state index is 0.0645. The molecule has 1 aliphatic heterocycles. The number of nitrogens with two attached hydrogens (primary N) is 2. The number of primary amides is 1. The summed E-state index contributed by atoms with van der Waals surface area (Å²) in [6.07, 6.45) is 2.55. The van der Waals surface area contributed by atoms with E-state index >= 15 is 0 Å². The van der Waals surface area contributed by atoms with E-state index in [1.165, 1.54) is 0 Å². The number of carbonyl (C=O) groups excluding carboxylic acids is 4. The van der Waals surface area contributed by atoms with Crippen molar-refractivity contribution >= 4 is 29.6 Å². The van der Waals surface area contributed by atoms with E-state index in [0.717, 1.165) is 18.5 Å². The van der Waals surface area contributed by atoms with Crippen LogP contribution in [0.2, 0.25) is 0 Å². The molecule has 1 aromatic rings. The molecule has 198 valence electrons. The zero-order valence-electron chi connectivity index (χ0n) is 20.2. The second kappa shape index (κ2) is 14.8. The number of hydrogen-bond acceptors (Lipinski definition) is 7. The van der Waals surface area contributed by atoms with Gasteiger partial charge >= 0.3 is 5.97 Å². The quantitative estimate of drug-likeness (QED) is 0.140. The number of carbonyl (C=O) groups is 5. The summed E-state index contributed by atoms with van der Waals surface area (Å²) in [6.45, 7) is 1.15. The normalized spacial score (nSPS) is 17.4. The number of carboxylic acid groups (broad SMARTS) is 1. The Kier molecular flexibility index (Phi) is 11.8. The highest BCUT2D eigenvalue weighted by atomic mass is 16.4. The van der Waals surface area contributed by atoms with Crippen LogP contribution in [-0.2, 0) is 30.4 Å². The molecule has 12 heteroatoms. The summed E-state index contributed by atoms with van der Waals surface area (Å²) < 4.78 is 0. The van der Waals surface area contributed by atoms with Gasteiger partial charge in [0.2, 0.25) is 23.6 Å². The molecule has 1 saturated heterocycles. The summed E-state index contributed by atoms with van der Waals surface area (Å²) in [5.41, 5.74) is 11.4. The number of aliphatic carboxylic acids is 1. The van der Waals surface area contributed by atoms with E-state index in [4.69, 9.17) is 11.5 Å². The molecule has 4 unspecified atom stereocenters. The lowest BCUT2D eigenvalue weighted by Gasteiger charge is -2.25. The van der Waals surface area contributed by atoms with Crippen molar-refractivity contribution in [2.45, 2.75) is 69.1 Å². The van der Waals surface area contributed by atoms with Crippen molar-refractivity contribution in [3.8, 4) is 0 Å². The summed E-state index contributed by atoms with van der Waals surface area (Å²) in [5, 5.41) is 20.2. The first-order valence-electron chi connectivity index (χ1n) is 12.1. The largest absolute Gasteiger partial charge is 0.480 e. The number of nitrogens with one attached hydrogen (secondary N) is 4. The SMILES string of the molecule is NCCCCC(NC(=O)C1CCCN1)C(=O)NC(Cc1ccccc1)C(=O)NC(CC(N)=O)C(=O)O. The monoisotopic (exact) mass is 504 g/mol. The molecule has 0 spiro atoms. The third-order valence-electron chi connectivity index (χ3n) is 5.89. The minimum atomic E-state index is -1.54. The molecular formula is C24H36N6O6. The number of unbranched alkanes of at least 4 members (excludes halogenated alkanes) is 1. The predicted octanol–water partition coefficient (Wildman–Crippen LogP) is -1.48. The van der Waals surface area contributed by atoms with Gasteiger partial charge in [-0.1, -0.05) is 30.3 Å². The highest BCUT2D eigenvalue weighted by Crippen LogP contribution is 2.09. The molecule has 1 heterocycles. The molecule has 0 radical (unpaired) electrons. The lowest BCUT2D eigenvalue weighted by Crippen LogP contribution is -2.57. The van der Waals surface area contributed by atoms with Gasteiger partial charge in [-0.2, -0.15) is 0 Å². The van der Waals surface area contributed by atoms with Crippen molar-refractivity contribution in [1.29, 1.82) is 0 Å². The maximum Gasteiger partial charge on any atom is 0.326 e. The zero-order chi connectivity index (χ0) is 26.5. The van der Waals surface area contributed by atoms with E-state index in [1.54, 1.807) is 30.3 Å². The first-order chi connectivity index (χ1) is 17.2. The zero-order valence-corrected chi connectivity index (χ0v) is 20.2. The maximum absolute atomic E-state index is 13.2. The van der Waals surface area contributed by atoms with Crippen LogP contribution in [0.5, 0.6) is 0 Å². The van der Waals surface area contributed by atoms with E-state index in [1.807, 2.05) is 0 Å². The van der Waals surface area contributed by atoms with Gasteiger partial charge in [0.05, 0.1) is 12.5 Å². The van der Waals surface area contributed by atoms with Crippen molar-refractivity contribution in [2.24, 2.45) is 11.5 Å². The fourth-order valence-corrected chi connectivity index (χ4v) is 3.95. The van der Waals surface area contributed by atoms with Gasteiger partial charge in [-0.3, -0.25) is 19.2 Å². The van der Waals surface area contributed by atoms with E-state index in [9.17, 15) is 29.1 Å². The Morgan fingerprint density at radius 2 is 1.64 bits per heavy atom. The molecule has 0 bridgehead atoms. The van der Waals surface area contributed by atoms with Crippen molar-refractivity contribution in [2.75, 3.05) is 13.1 Å². The van der Waals surface area contributed by atoms with E-state index in [2.05, 4.69) is 21.3 Å². The van der Waals surface area contributed by atoms with Crippen LogP contribution >= 0.6 is 0 Å². The van der Waals surface area contributed by atoms with Gasteiger partial charge in [-0.05, 0) is 50.8 Å². The number of hydrogen-bond donors (Lipinski definition) is 7. The highest BCUT2D eigenvalue weighted by molar-refractivity contribution is 5.95. The van der Waals surface area contributed by atoms with Gasteiger partial charge in [-0.15, -0.1) is 0 Å². The molecule has 12 nitrogen and oxygen atoms in total. The molecule has 1 aliphatic rings. The average Bonchev–Trinajstić information content (AvgIpc) is 3.38. The van der Waals surface area contributed by atoms with E-state index in [0.29, 0.717) is 32.2 Å². The second-order valence-electron chi connectivity index (χ2n) is 8.82. The van der Waals surface area contributed by atoms with Gasteiger partial charge in [0.15, 0.2) is 0 Å². The van der Waals surface area contributed by atoms with Crippen molar-refractivity contribution in [1.82, 2.24) is 21.3 Å². The van der Waals surface area contributed by atoms with Gasteiger partial charge < -0.3 is 37.8 Å². The standard InChI is InChI=1S/C24H36N6O6/c25-11-5-4-9-17(28-21(32)16-10-6-12-27-16)22(33)29-18(13-15-7-2-1-3-8-15)23(34)30-19(24(35)36)14-20(26)31/h1-3,7-8,16-19,27H,4-6,9-14,25H2,(H2,26,31)(H,28,32)(H,29,33)(H,30,34)(H,35,36). The number of carboxylic acids is 1. The topological polar surface area (TPSA) is 206 Å². The highest BCUT2D eigenvalue weighted by Gasteiger charge is 2.31. The lowest BCUT2D eigenvalue weighted by molar-refractivity contribution is -0.143. The summed E-state index contributed by atoms with van der Waals surface area (Å²) in [4.78, 5) is 61.7. The van der Waals surface area contributed by atoms with Crippen molar-refractivity contribution in [3.05, 3.63) is 35.9 Å². The van der Waals surface area contributed by atoms with Crippen LogP contribution in [0.3, 0.4) is 0 Å². The van der Waals surface area contributed by atoms with Crippen LogP contribution in [0, 0.1) is 0 Å². The van der Waals surface area contributed by atoms with E-state index in [-0.39, 0.29) is 18.4 Å². The van der Waals surface area contributed by atoms with Gasteiger partial charge in [0.25, 0.3) is 0 Å². The Bertz CT molecular complexity index is 906. The molecule has 0 saturated carbocycles. The molecule has 4 amide bonds. The Balaban J connectivity index is 2.19. The van der Waals surface area contributed by atoms with Crippen LogP contribution in [0.25, 0.3) is 0 Å². The molecule has 1 fully saturated rings. The molecular weight excluding hydrogens is 468 g/mol. The third kappa shape index (κ3) is 9.62. The lowest BCUT2D eigenvalue weighted by atomic mass is 10.0. The van der Waals surface area contributed by atoms with Gasteiger partial charge in [0, 0.05) is 6.42 Å². The first-order valence-corrected chi connectivity index (χ1v) is 12.1. The van der Waals surface area contributed by atoms with E-state index < -0.39 is 48.2 Å². The minimum Gasteiger partial charge on any atom is -0.480 e. The smallest absolute Gasteiger partial charge is 0.326 e. The van der Waals surface area contributed by atoms with Crippen LogP contribution in [0.4, 0.5) is 0 Å². The number of rotatable bonds is 15. The average molecular weight is 505 g/mol. The van der Waals surface area contributed by atoms with Crippen LogP contribution in [0.15, 0.2) is 30.3 Å². The molecule has 4 atom stereocenters. The van der Waals surface area contributed by atoms with Crippen molar-refractivity contribution < 1.29 is 29.1 Å². The van der Waals surface area contributed by atoms with Gasteiger partial charge in [-0.25, -0.2) is 4.79 Å². The molecule has 0 aromatic heterocycles. The number of amides is 4. The van der Waals surface area contributed by atoms with Crippen LogP contribution in [-0.4, -0.2) is 72.0 Å². The third-order valence-corrected chi connectivity index (χ3v) is 5.89. The summed E-state index contributed by atoms with van der Waals surface area (Å²) in [6, 6.07) is 4.86. The maximum atomic E-state index is 13.2. The van der Waals surface area contributed by atoms with Crippen LogP contribution < -0.4 is 32.7 Å². The van der Waals surface area contributed by atoms with Crippen LogP contribution in [0.1, 0.15) is 44.1 Å². The molecule has 36 heavy (non-hydrogen) atoms. The predicted molar refractivity (Wildman–Crippen MR) is 131 cm³/mol. The summed E-state index contributed by atoms with van der Waals surface area (Å²) >= 11 is 0. The molecule has 1 aromatic carbocycles. The Morgan fingerprint density at radius 1 is 0.972 bits per heavy atom. The summed E-state index contributed by atoms with van der Waals surface area (Å²) in [7, 11) is 0. The first kappa shape index (κ1) is 28.7. The fourth-order valence-electron chi connectivity index (χ4n) is 3.95.